The number of hydrogen-bond acceptors (Lipinski definition) is 5. The molecule has 0 bridgehead atoms. The fraction of sp³-hybridized carbons (Fsp3) is 0. The quantitative estimate of drug-likeness (QED) is 0.209. The summed E-state index contributed by atoms with van der Waals surface area (Å²) in [6.07, 6.45) is 0. The van der Waals surface area contributed by atoms with Gasteiger partial charge in [0.15, 0.2) is 23.3 Å². The highest BCUT2D eigenvalue weighted by molar-refractivity contribution is 5.96. The summed E-state index contributed by atoms with van der Waals surface area (Å²) >= 11 is 0. The third-order valence-electron chi connectivity index (χ3n) is 7.73. The van der Waals surface area contributed by atoms with E-state index in [0.29, 0.717) is 29.0 Å². The SMILES string of the molecule is c1ccc(-c2nc(-c3nc(-c4ccccc4)nc(-c4ccc5ccccc5c4)n3)cc(-c3cccc4ccccc34)n2)cc1. The molecular weight excluding hydrogens is 538 g/mol. The standard InChI is InChI=1S/C39H25N5/c1-3-14-28(15-4-1)36-40-34(33-21-11-19-27-13-9-10-20-32(27)33)25-35(41-36)39-43-37(29-16-5-2-6-17-29)42-38(44-39)31-23-22-26-12-7-8-18-30(26)24-31/h1-25H. The Morgan fingerprint density at radius 2 is 0.841 bits per heavy atom. The van der Waals surface area contributed by atoms with Crippen LogP contribution >= 0.6 is 0 Å². The molecule has 0 aliphatic rings. The van der Waals surface area contributed by atoms with E-state index in [9.17, 15) is 0 Å². The summed E-state index contributed by atoms with van der Waals surface area (Å²) in [6, 6.07) is 51.3. The summed E-state index contributed by atoms with van der Waals surface area (Å²) in [7, 11) is 0. The molecule has 5 nitrogen and oxygen atoms in total. The Kier molecular flexibility index (Phi) is 6.39. The highest BCUT2D eigenvalue weighted by Crippen LogP contribution is 2.32. The lowest BCUT2D eigenvalue weighted by Crippen LogP contribution is -2.03. The first-order valence-corrected chi connectivity index (χ1v) is 14.5. The molecule has 8 rings (SSSR count). The summed E-state index contributed by atoms with van der Waals surface area (Å²) in [5.41, 5.74) is 5.20. The second-order valence-corrected chi connectivity index (χ2v) is 10.6. The van der Waals surface area contributed by atoms with E-state index < -0.39 is 0 Å². The van der Waals surface area contributed by atoms with Crippen molar-refractivity contribution in [2.24, 2.45) is 0 Å². The van der Waals surface area contributed by atoms with Gasteiger partial charge in [0, 0.05) is 22.3 Å². The van der Waals surface area contributed by atoms with Crippen molar-refractivity contribution in [3.05, 3.63) is 152 Å². The van der Waals surface area contributed by atoms with Crippen LogP contribution in [0.25, 0.3) is 78.5 Å². The second-order valence-electron chi connectivity index (χ2n) is 10.6. The normalized spacial score (nSPS) is 11.2. The van der Waals surface area contributed by atoms with Crippen LogP contribution in [-0.2, 0) is 0 Å². The van der Waals surface area contributed by atoms with Gasteiger partial charge < -0.3 is 0 Å². The molecule has 0 aliphatic carbocycles. The van der Waals surface area contributed by atoms with Crippen molar-refractivity contribution in [3.63, 3.8) is 0 Å². The molecule has 0 unspecified atom stereocenters. The number of hydrogen-bond donors (Lipinski definition) is 0. The van der Waals surface area contributed by atoms with Crippen molar-refractivity contribution in [1.82, 2.24) is 24.9 Å². The Morgan fingerprint density at radius 1 is 0.295 bits per heavy atom. The van der Waals surface area contributed by atoms with Gasteiger partial charge in [-0.1, -0.05) is 140 Å². The molecule has 0 N–H and O–H groups in total. The molecule has 0 saturated carbocycles. The molecule has 0 saturated heterocycles. The van der Waals surface area contributed by atoms with Crippen LogP contribution in [0, 0.1) is 0 Å². The van der Waals surface area contributed by atoms with Crippen LogP contribution in [0.15, 0.2) is 152 Å². The fourth-order valence-electron chi connectivity index (χ4n) is 5.53. The molecule has 8 aromatic rings. The number of rotatable bonds is 5. The van der Waals surface area contributed by atoms with Crippen LogP contribution in [0.2, 0.25) is 0 Å². The van der Waals surface area contributed by atoms with E-state index >= 15 is 0 Å². The van der Waals surface area contributed by atoms with Crippen LogP contribution in [0.5, 0.6) is 0 Å². The van der Waals surface area contributed by atoms with Gasteiger partial charge >= 0.3 is 0 Å². The second kappa shape index (κ2) is 11.0. The van der Waals surface area contributed by atoms with E-state index in [0.717, 1.165) is 49.5 Å². The van der Waals surface area contributed by atoms with Gasteiger partial charge in [-0.05, 0) is 33.7 Å². The predicted octanol–water partition coefficient (Wildman–Crippen LogP) is 9.30. The van der Waals surface area contributed by atoms with Crippen LogP contribution < -0.4 is 0 Å². The molecule has 0 amide bonds. The molecule has 0 fully saturated rings. The zero-order chi connectivity index (χ0) is 29.3. The first-order chi connectivity index (χ1) is 21.8. The van der Waals surface area contributed by atoms with Crippen molar-refractivity contribution in [1.29, 1.82) is 0 Å². The van der Waals surface area contributed by atoms with Gasteiger partial charge in [0.1, 0.15) is 5.69 Å². The first-order valence-electron chi connectivity index (χ1n) is 14.5. The van der Waals surface area contributed by atoms with E-state index in [2.05, 4.69) is 72.8 Å². The third kappa shape index (κ3) is 4.86. The molecule has 206 valence electrons. The van der Waals surface area contributed by atoms with Crippen molar-refractivity contribution >= 4 is 21.5 Å². The minimum atomic E-state index is 0.489. The van der Waals surface area contributed by atoms with Gasteiger partial charge in [-0.3, -0.25) is 0 Å². The van der Waals surface area contributed by atoms with E-state index in [4.69, 9.17) is 24.9 Å². The zero-order valence-corrected chi connectivity index (χ0v) is 23.7. The van der Waals surface area contributed by atoms with Gasteiger partial charge in [-0.2, -0.15) is 0 Å². The molecule has 0 atom stereocenters. The van der Waals surface area contributed by atoms with Gasteiger partial charge in [0.2, 0.25) is 0 Å². The Morgan fingerprint density at radius 3 is 1.59 bits per heavy atom. The maximum atomic E-state index is 5.06. The first kappa shape index (κ1) is 25.6. The molecule has 0 aliphatic heterocycles. The molecular formula is C39H25N5. The van der Waals surface area contributed by atoms with Gasteiger partial charge in [-0.25, -0.2) is 24.9 Å². The van der Waals surface area contributed by atoms with Crippen LogP contribution in [-0.4, -0.2) is 24.9 Å². The molecule has 0 spiro atoms. The average molecular weight is 564 g/mol. The minimum Gasteiger partial charge on any atom is -0.228 e. The molecule has 5 heteroatoms. The van der Waals surface area contributed by atoms with Gasteiger partial charge in [-0.15, -0.1) is 0 Å². The lowest BCUT2D eigenvalue weighted by atomic mass is 10.0. The number of benzene rings is 6. The number of nitrogens with zero attached hydrogens (tertiary/aromatic N) is 5. The van der Waals surface area contributed by atoms with E-state index in [1.807, 2.05) is 78.9 Å². The van der Waals surface area contributed by atoms with Gasteiger partial charge in [0.25, 0.3) is 0 Å². The topological polar surface area (TPSA) is 64.5 Å². The molecule has 6 aromatic carbocycles. The maximum absolute atomic E-state index is 5.06. The summed E-state index contributed by atoms with van der Waals surface area (Å²) < 4.78 is 0. The molecule has 2 heterocycles. The highest BCUT2D eigenvalue weighted by atomic mass is 15.1. The van der Waals surface area contributed by atoms with Crippen molar-refractivity contribution in [3.8, 4) is 56.9 Å². The lowest BCUT2D eigenvalue weighted by Gasteiger charge is -2.12. The Hall–Kier alpha value is -6.07. The monoisotopic (exact) mass is 563 g/mol. The zero-order valence-electron chi connectivity index (χ0n) is 23.7. The fourth-order valence-corrected chi connectivity index (χ4v) is 5.53. The summed E-state index contributed by atoms with van der Waals surface area (Å²) in [6.45, 7) is 0. The number of aromatic nitrogens is 5. The summed E-state index contributed by atoms with van der Waals surface area (Å²) in [5.74, 6) is 2.28. The van der Waals surface area contributed by atoms with Crippen LogP contribution in [0.1, 0.15) is 0 Å². The van der Waals surface area contributed by atoms with Crippen molar-refractivity contribution in [2.45, 2.75) is 0 Å². The Labute approximate surface area is 254 Å². The summed E-state index contributed by atoms with van der Waals surface area (Å²) in [5, 5.41) is 4.56. The highest BCUT2D eigenvalue weighted by Gasteiger charge is 2.17. The Bertz CT molecular complexity index is 2280. The Balaban J connectivity index is 1.37. The molecule has 2 aromatic heterocycles. The summed E-state index contributed by atoms with van der Waals surface area (Å²) in [4.78, 5) is 25.0. The smallest absolute Gasteiger partial charge is 0.182 e. The average Bonchev–Trinajstić information content (AvgIpc) is 3.11. The van der Waals surface area contributed by atoms with Crippen molar-refractivity contribution in [2.75, 3.05) is 0 Å². The van der Waals surface area contributed by atoms with Crippen molar-refractivity contribution < 1.29 is 0 Å². The lowest BCUT2D eigenvalue weighted by molar-refractivity contribution is 1.05. The molecule has 0 radical (unpaired) electrons. The maximum Gasteiger partial charge on any atom is 0.182 e. The largest absolute Gasteiger partial charge is 0.228 e. The van der Waals surface area contributed by atoms with E-state index in [1.165, 1.54) is 0 Å². The minimum absolute atomic E-state index is 0.489. The number of fused-ring (bicyclic) bond motifs is 2. The van der Waals surface area contributed by atoms with Crippen LogP contribution in [0.3, 0.4) is 0 Å². The van der Waals surface area contributed by atoms with E-state index in [-0.39, 0.29) is 0 Å². The van der Waals surface area contributed by atoms with E-state index in [1.54, 1.807) is 0 Å². The molecule has 44 heavy (non-hydrogen) atoms. The predicted molar refractivity (Wildman–Crippen MR) is 178 cm³/mol. The third-order valence-corrected chi connectivity index (χ3v) is 7.73. The van der Waals surface area contributed by atoms with Crippen LogP contribution in [0.4, 0.5) is 0 Å². The van der Waals surface area contributed by atoms with Gasteiger partial charge in [0.05, 0.1) is 5.69 Å².